The van der Waals surface area contributed by atoms with Crippen molar-refractivity contribution in [2.45, 2.75) is 58.5 Å². The molecule has 0 atom stereocenters. The first-order chi connectivity index (χ1) is 16.2. The molecule has 1 aliphatic carbocycles. The highest BCUT2D eigenvalue weighted by Crippen LogP contribution is 2.29. The van der Waals surface area contributed by atoms with E-state index in [1.165, 1.54) is 0 Å². The number of anilines is 2. The van der Waals surface area contributed by atoms with Crippen molar-refractivity contribution in [1.82, 2.24) is 10.3 Å². The first kappa shape index (κ1) is 23.7. The highest BCUT2D eigenvalue weighted by Gasteiger charge is 2.27. The predicted molar refractivity (Wildman–Crippen MR) is 139 cm³/mol. The molecule has 2 N–H and O–H groups in total. The minimum Gasteiger partial charge on any atom is -0.377 e. The lowest BCUT2D eigenvalue weighted by atomic mass is 9.90. The van der Waals surface area contributed by atoms with Crippen LogP contribution in [0.5, 0.6) is 0 Å². The van der Waals surface area contributed by atoms with Crippen molar-refractivity contribution in [2.75, 3.05) is 24.3 Å². The summed E-state index contributed by atoms with van der Waals surface area (Å²) >= 11 is 0. The summed E-state index contributed by atoms with van der Waals surface area (Å²) in [6.45, 7) is 5.77. The number of nitrogens with one attached hydrogen (secondary N) is 2. The molecule has 1 fully saturated rings. The van der Waals surface area contributed by atoms with Crippen LogP contribution in [-0.4, -0.2) is 42.9 Å². The number of fused-ring (bicyclic) bond motifs is 1. The molecule has 6 heteroatoms. The van der Waals surface area contributed by atoms with Crippen LogP contribution in [0.1, 0.15) is 52.7 Å². The molecule has 0 saturated heterocycles. The standard InChI is InChI=1S/C28H34N4O2/c1-17-14-18(2)26(19(3)15-17)27(33)28(34)30-21-12-10-20(11-13-21)29-25-16-24(32(4)5)22-8-6-7-9-23(22)31-25/h6-9,14-16,20-21H,10-13H2,1-5H3,(H,29,31)(H,30,34). The van der Waals surface area contributed by atoms with Gasteiger partial charge in [-0.15, -0.1) is 0 Å². The maximum absolute atomic E-state index is 12.8. The number of carbonyl (C=O) groups is 2. The number of hydrogen-bond donors (Lipinski definition) is 2. The highest BCUT2D eigenvalue weighted by molar-refractivity contribution is 6.43. The van der Waals surface area contributed by atoms with Gasteiger partial charge in [0.25, 0.3) is 11.7 Å². The Morgan fingerprint density at radius 1 is 0.912 bits per heavy atom. The van der Waals surface area contributed by atoms with Gasteiger partial charge >= 0.3 is 0 Å². The number of nitrogens with zero attached hydrogens (tertiary/aromatic N) is 2. The van der Waals surface area contributed by atoms with Crippen LogP contribution in [0, 0.1) is 20.8 Å². The molecule has 1 saturated carbocycles. The van der Waals surface area contributed by atoms with Gasteiger partial charge in [0.05, 0.1) is 5.52 Å². The SMILES string of the molecule is Cc1cc(C)c(C(=O)C(=O)NC2CCC(Nc3cc(N(C)C)c4ccccc4n3)CC2)c(C)c1. The van der Waals surface area contributed by atoms with Gasteiger partial charge in [0.1, 0.15) is 5.82 Å². The largest absolute Gasteiger partial charge is 0.377 e. The van der Waals surface area contributed by atoms with Crippen LogP contribution in [0.4, 0.5) is 11.5 Å². The van der Waals surface area contributed by atoms with Gasteiger partial charge in [-0.25, -0.2) is 4.98 Å². The van der Waals surface area contributed by atoms with Crippen LogP contribution in [-0.2, 0) is 4.79 Å². The van der Waals surface area contributed by atoms with Crippen LogP contribution >= 0.6 is 0 Å². The molecule has 1 aromatic heterocycles. The van der Waals surface area contributed by atoms with Crippen LogP contribution in [0.2, 0.25) is 0 Å². The van der Waals surface area contributed by atoms with Crippen molar-refractivity contribution in [2.24, 2.45) is 0 Å². The molecule has 1 heterocycles. The summed E-state index contributed by atoms with van der Waals surface area (Å²) in [5, 5.41) is 7.71. The average Bonchev–Trinajstić information content (AvgIpc) is 2.79. The second kappa shape index (κ2) is 9.84. The van der Waals surface area contributed by atoms with Crippen molar-refractivity contribution in [3.63, 3.8) is 0 Å². The van der Waals surface area contributed by atoms with Crippen molar-refractivity contribution >= 4 is 34.1 Å². The van der Waals surface area contributed by atoms with E-state index in [2.05, 4.69) is 27.7 Å². The van der Waals surface area contributed by atoms with Gasteiger partial charge < -0.3 is 15.5 Å². The number of hydrogen-bond acceptors (Lipinski definition) is 5. The molecule has 2 aromatic carbocycles. The molecule has 0 unspecified atom stereocenters. The quantitative estimate of drug-likeness (QED) is 0.404. The predicted octanol–water partition coefficient (Wildman–Crippen LogP) is 4.95. The fraction of sp³-hybridized carbons (Fsp3) is 0.393. The van der Waals surface area contributed by atoms with Gasteiger partial charge in [-0.1, -0.05) is 35.9 Å². The number of Topliss-reactive ketones (excluding diaryl/α,β-unsaturated/α-hetero) is 1. The highest BCUT2D eigenvalue weighted by atomic mass is 16.2. The van der Waals surface area contributed by atoms with Gasteiger partial charge in [-0.3, -0.25) is 9.59 Å². The van der Waals surface area contributed by atoms with Gasteiger partial charge in [-0.2, -0.15) is 0 Å². The Balaban J connectivity index is 1.37. The van der Waals surface area contributed by atoms with E-state index in [0.29, 0.717) is 5.56 Å². The Morgan fingerprint density at radius 3 is 2.18 bits per heavy atom. The summed E-state index contributed by atoms with van der Waals surface area (Å²) in [6, 6.07) is 14.5. The van der Waals surface area contributed by atoms with Gasteiger partial charge in [-0.05, 0) is 63.6 Å². The number of rotatable bonds is 6. The first-order valence-corrected chi connectivity index (χ1v) is 12.0. The molecular formula is C28H34N4O2. The third-order valence-electron chi connectivity index (χ3n) is 6.70. The van der Waals surface area contributed by atoms with Crippen molar-refractivity contribution in [3.05, 3.63) is 64.7 Å². The maximum atomic E-state index is 12.8. The van der Waals surface area contributed by atoms with Crippen molar-refractivity contribution < 1.29 is 9.59 Å². The third kappa shape index (κ3) is 5.06. The number of aryl methyl sites for hydroxylation is 3. The Hall–Kier alpha value is -3.41. The lowest BCUT2D eigenvalue weighted by molar-refractivity contribution is -0.117. The molecule has 1 aliphatic rings. The van der Waals surface area contributed by atoms with E-state index in [4.69, 9.17) is 4.98 Å². The van der Waals surface area contributed by atoms with Crippen molar-refractivity contribution in [1.29, 1.82) is 0 Å². The van der Waals surface area contributed by atoms with Gasteiger partial charge in [0.15, 0.2) is 0 Å². The van der Waals surface area contributed by atoms with Crippen LogP contribution in [0.25, 0.3) is 10.9 Å². The molecule has 0 bridgehead atoms. The molecule has 3 aromatic rings. The molecule has 0 radical (unpaired) electrons. The molecule has 0 aliphatic heterocycles. The monoisotopic (exact) mass is 458 g/mol. The zero-order chi connectivity index (χ0) is 24.4. The summed E-state index contributed by atoms with van der Waals surface area (Å²) in [5.41, 5.74) is 5.43. The number of carbonyl (C=O) groups excluding carboxylic acids is 2. The number of ketones is 1. The Labute approximate surface area is 201 Å². The molecule has 178 valence electrons. The number of benzene rings is 2. The number of aromatic nitrogens is 1. The van der Waals surface area contributed by atoms with Gasteiger partial charge in [0.2, 0.25) is 0 Å². The summed E-state index contributed by atoms with van der Waals surface area (Å²) in [5.74, 6) is -0.0690. The van der Waals surface area contributed by atoms with Gasteiger partial charge in [0, 0.05) is 48.9 Å². The zero-order valence-electron chi connectivity index (χ0n) is 20.7. The summed E-state index contributed by atoms with van der Waals surface area (Å²) in [7, 11) is 4.08. The van der Waals surface area contributed by atoms with E-state index in [1.54, 1.807) is 0 Å². The topological polar surface area (TPSA) is 74.3 Å². The molecule has 6 nitrogen and oxygen atoms in total. The number of pyridine rings is 1. The van der Waals surface area contributed by atoms with E-state index in [1.807, 2.05) is 65.2 Å². The van der Waals surface area contributed by atoms with E-state index in [-0.39, 0.29) is 12.1 Å². The van der Waals surface area contributed by atoms with E-state index in [9.17, 15) is 9.59 Å². The Morgan fingerprint density at radius 2 is 1.53 bits per heavy atom. The van der Waals surface area contributed by atoms with E-state index < -0.39 is 11.7 Å². The molecule has 0 spiro atoms. The summed E-state index contributed by atoms with van der Waals surface area (Å²) in [6.07, 6.45) is 3.48. The molecule has 4 rings (SSSR count). The third-order valence-corrected chi connectivity index (χ3v) is 6.70. The van der Waals surface area contributed by atoms with Crippen LogP contribution in [0.3, 0.4) is 0 Å². The first-order valence-electron chi connectivity index (χ1n) is 12.0. The average molecular weight is 459 g/mol. The summed E-state index contributed by atoms with van der Waals surface area (Å²) in [4.78, 5) is 32.5. The second-order valence-electron chi connectivity index (χ2n) is 9.71. The molecule has 1 amide bonds. The van der Waals surface area contributed by atoms with Crippen molar-refractivity contribution in [3.8, 4) is 0 Å². The second-order valence-corrected chi connectivity index (χ2v) is 9.71. The Bertz CT molecular complexity index is 1200. The fourth-order valence-corrected chi connectivity index (χ4v) is 5.09. The number of amides is 1. The number of para-hydroxylation sites is 1. The minimum atomic E-state index is -0.502. The maximum Gasteiger partial charge on any atom is 0.292 e. The van der Waals surface area contributed by atoms with E-state index >= 15 is 0 Å². The summed E-state index contributed by atoms with van der Waals surface area (Å²) < 4.78 is 0. The zero-order valence-corrected chi connectivity index (χ0v) is 20.7. The van der Waals surface area contributed by atoms with E-state index in [0.717, 1.165) is 64.8 Å². The Kier molecular flexibility index (Phi) is 6.87. The van der Waals surface area contributed by atoms with Crippen LogP contribution in [0.15, 0.2) is 42.5 Å². The van der Waals surface area contributed by atoms with Crippen LogP contribution < -0.4 is 15.5 Å². The molecule has 34 heavy (non-hydrogen) atoms. The normalized spacial score (nSPS) is 17.9. The minimum absolute atomic E-state index is 0.0162. The molecular weight excluding hydrogens is 424 g/mol. The smallest absolute Gasteiger partial charge is 0.292 e. The lowest BCUT2D eigenvalue weighted by Crippen LogP contribution is -2.43. The lowest BCUT2D eigenvalue weighted by Gasteiger charge is -2.30. The fourth-order valence-electron chi connectivity index (χ4n) is 5.09.